The maximum atomic E-state index is 12.7. The maximum absolute atomic E-state index is 12.7. The Kier molecular flexibility index (Phi) is 5.16. The summed E-state index contributed by atoms with van der Waals surface area (Å²) in [4.78, 5) is 0. The third-order valence-electron chi connectivity index (χ3n) is 4.36. The molecule has 112 valence electrons. The largest absolute Gasteiger partial charge is 0.330 e. The fourth-order valence-electron chi connectivity index (χ4n) is 2.76. The van der Waals surface area contributed by atoms with Crippen molar-refractivity contribution in [2.24, 2.45) is 11.7 Å². The predicted molar refractivity (Wildman–Crippen MR) is 80.4 cm³/mol. The van der Waals surface area contributed by atoms with Gasteiger partial charge in [0.25, 0.3) is 10.2 Å². The molecule has 0 aromatic heterocycles. The summed E-state index contributed by atoms with van der Waals surface area (Å²) >= 11 is 1.86. The van der Waals surface area contributed by atoms with Gasteiger partial charge in [0, 0.05) is 36.7 Å². The van der Waals surface area contributed by atoms with Crippen molar-refractivity contribution in [3.8, 4) is 0 Å². The zero-order valence-electron chi connectivity index (χ0n) is 11.8. The van der Waals surface area contributed by atoms with Crippen LogP contribution in [0.5, 0.6) is 0 Å². The Labute approximate surface area is 121 Å². The van der Waals surface area contributed by atoms with E-state index < -0.39 is 10.2 Å². The molecule has 0 aliphatic carbocycles. The molecule has 2 saturated heterocycles. The number of thioether (sulfide) groups is 1. The Hall–Kier alpha value is 0.180. The van der Waals surface area contributed by atoms with Gasteiger partial charge in [-0.1, -0.05) is 6.92 Å². The molecule has 7 heteroatoms. The molecule has 0 aromatic rings. The second-order valence-corrected chi connectivity index (χ2v) is 8.88. The summed E-state index contributed by atoms with van der Waals surface area (Å²) < 4.78 is 28.7. The molecule has 2 rings (SSSR count). The number of piperidine rings is 1. The molecule has 2 unspecified atom stereocenters. The molecule has 0 bridgehead atoms. The SMILES string of the molecule is CC1SCCN(S(=O)(=O)N2CCC(CN)CC2)C1C. The van der Waals surface area contributed by atoms with Crippen LogP contribution >= 0.6 is 11.8 Å². The summed E-state index contributed by atoms with van der Waals surface area (Å²) in [6, 6.07) is 0.0796. The summed E-state index contributed by atoms with van der Waals surface area (Å²) in [6.45, 7) is 6.67. The Morgan fingerprint density at radius 2 is 1.84 bits per heavy atom. The van der Waals surface area contributed by atoms with Crippen molar-refractivity contribution in [3.05, 3.63) is 0 Å². The number of hydrogen-bond donors (Lipinski definition) is 1. The Morgan fingerprint density at radius 3 is 2.42 bits per heavy atom. The van der Waals surface area contributed by atoms with Crippen molar-refractivity contribution in [1.29, 1.82) is 0 Å². The van der Waals surface area contributed by atoms with Gasteiger partial charge in [-0.2, -0.15) is 28.8 Å². The minimum Gasteiger partial charge on any atom is -0.330 e. The smallest absolute Gasteiger partial charge is 0.282 e. The average molecular weight is 307 g/mol. The van der Waals surface area contributed by atoms with E-state index in [-0.39, 0.29) is 6.04 Å². The van der Waals surface area contributed by atoms with Gasteiger partial charge >= 0.3 is 0 Å². The highest BCUT2D eigenvalue weighted by molar-refractivity contribution is 8.00. The van der Waals surface area contributed by atoms with E-state index in [4.69, 9.17) is 5.73 Å². The quantitative estimate of drug-likeness (QED) is 0.834. The molecule has 19 heavy (non-hydrogen) atoms. The minimum absolute atomic E-state index is 0.0796. The van der Waals surface area contributed by atoms with Gasteiger partial charge in [0.1, 0.15) is 0 Å². The standard InChI is InChI=1S/C12H25N3O2S2/c1-10-11(2)18-8-7-15(10)19(16,17)14-5-3-12(9-13)4-6-14/h10-12H,3-9,13H2,1-2H3. The first-order chi connectivity index (χ1) is 8.96. The average Bonchev–Trinajstić information content (AvgIpc) is 2.41. The molecule has 2 fully saturated rings. The van der Waals surface area contributed by atoms with Crippen LogP contribution in [0.1, 0.15) is 26.7 Å². The summed E-state index contributed by atoms with van der Waals surface area (Å²) in [5.74, 6) is 1.38. The molecule has 0 aromatic carbocycles. The zero-order valence-corrected chi connectivity index (χ0v) is 13.4. The van der Waals surface area contributed by atoms with Crippen LogP contribution in [0.15, 0.2) is 0 Å². The number of nitrogens with two attached hydrogens (primary N) is 1. The molecule has 2 atom stereocenters. The van der Waals surface area contributed by atoms with Gasteiger partial charge < -0.3 is 5.73 Å². The monoisotopic (exact) mass is 307 g/mol. The Bertz CT molecular complexity index is 394. The first-order valence-corrected chi connectivity index (χ1v) is 9.50. The van der Waals surface area contributed by atoms with Crippen molar-refractivity contribution < 1.29 is 8.42 Å². The van der Waals surface area contributed by atoms with Crippen molar-refractivity contribution in [1.82, 2.24) is 8.61 Å². The number of nitrogens with zero attached hydrogens (tertiary/aromatic N) is 2. The molecule has 5 nitrogen and oxygen atoms in total. The zero-order chi connectivity index (χ0) is 14.0. The van der Waals surface area contributed by atoms with Crippen molar-refractivity contribution in [2.75, 3.05) is 31.9 Å². The van der Waals surface area contributed by atoms with Crippen LogP contribution < -0.4 is 5.73 Å². The van der Waals surface area contributed by atoms with Crippen LogP contribution in [0.25, 0.3) is 0 Å². The van der Waals surface area contributed by atoms with Gasteiger partial charge in [0.2, 0.25) is 0 Å². The molecule has 2 N–H and O–H groups in total. The highest BCUT2D eigenvalue weighted by Gasteiger charge is 2.38. The van der Waals surface area contributed by atoms with E-state index in [1.165, 1.54) is 0 Å². The molecule has 0 radical (unpaired) electrons. The second kappa shape index (κ2) is 6.30. The van der Waals surface area contributed by atoms with Crippen molar-refractivity contribution >= 4 is 22.0 Å². The van der Waals surface area contributed by atoms with E-state index in [1.807, 2.05) is 18.7 Å². The third-order valence-corrected chi connectivity index (χ3v) is 7.82. The molecule has 0 amide bonds. The highest BCUT2D eigenvalue weighted by Crippen LogP contribution is 2.29. The van der Waals surface area contributed by atoms with Crippen molar-refractivity contribution in [3.63, 3.8) is 0 Å². The Morgan fingerprint density at radius 1 is 1.21 bits per heavy atom. The topological polar surface area (TPSA) is 66.6 Å². The van der Waals surface area contributed by atoms with E-state index in [0.717, 1.165) is 18.6 Å². The summed E-state index contributed by atoms with van der Waals surface area (Å²) in [7, 11) is -3.29. The molecule has 2 heterocycles. The van der Waals surface area contributed by atoms with Crippen LogP contribution in [-0.2, 0) is 10.2 Å². The summed E-state index contributed by atoms with van der Waals surface area (Å²) in [6.07, 6.45) is 1.78. The molecule has 2 aliphatic rings. The van der Waals surface area contributed by atoms with Crippen LogP contribution in [0.2, 0.25) is 0 Å². The molecular weight excluding hydrogens is 282 g/mol. The number of rotatable bonds is 3. The lowest BCUT2D eigenvalue weighted by Crippen LogP contribution is -2.54. The third kappa shape index (κ3) is 3.26. The molecule has 0 saturated carbocycles. The highest BCUT2D eigenvalue weighted by atomic mass is 32.2. The molecule has 0 spiro atoms. The van der Waals surface area contributed by atoms with Gasteiger partial charge in [-0.15, -0.1) is 0 Å². The number of hydrogen-bond acceptors (Lipinski definition) is 4. The van der Waals surface area contributed by atoms with Crippen LogP contribution in [-0.4, -0.2) is 60.3 Å². The van der Waals surface area contributed by atoms with E-state index in [2.05, 4.69) is 6.92 Å². The van der Waals surface area contributed by atoms with Crippen LogP contribution in [0.3, 0.4) is 0 Å². The lowest BCUT2D eigenvalue weighted by Gasteiger charge is -2.41. The first-order valence-electron chi connectivity index (χ1n) is 7.05. The van der Waals surface area contributed by atoms with E-state index in [9.17, 15) is 8.42 Å². The molecule has 2 aliphatic heterocycles. The first kappa shape index (κ1) is 15.6. The van der Waals surface area contributed by atoms with Gasteiger partial charge in [-0.25, -0.2) is 0 Å². The fourth-order valence-corrected chi connectivity index (χ4v) is 5.94. The lowest BCUT2D eigenvalue weighted by atomic mass is 9.99. The Balaban J connectivity index is 2.05. The normalized spacial score (nSPS) is 32.6. The van der Waals surface area contributed by atoms with Crippen LogP contribution in [0.4, 0.5) is 0 Å². The van der Waals surface area contributed by atoms with E-state index in [1.54, 1.807) is 8.61 Å². The van der Waals surface area contributed by atoms with Gasteiger partial charge in [0.05, 0.1) is 0 Å². The van der Waals surface area contributed by atoms with Gasteiger partial charge in [-0.3, -0.25) is 0 Å². The fraction of sp³-hybridized carbons (Fsp3) is 1.00. The summed E-state index contributed by atoms with van der Waals surface area (Å²) in [5.41, 5.74) is 5.66. The predicted octanol–water partition coefficient (Wildman–Crippen LogP) is 0.728. The lowest BCUT2D eigenvalue weighted by molar-refractivity contribution is 0.244. The van der Waals surface area contributed by atoms with E-state index >= 15 is 0 Å². The molecular formula is C12H25N3O2S2. The summed E-state index contributed by atoms with van der Waals surface area (Å²) in [5, 5.41) is 0.366. The van der Waals surface area contributed by atoms with Crippen LogP contribution in [0, 0.1) is 5.92 Å². The van der Waals surface area contributed by atoms with E-state index in [0.29, 0.717) is 37.3 Å². The maximum Gasteiger partial charge on any atom is 0.282 e. The second-order valence-electron chi connectivity index (χ2n) is 5.51. The van der Waals surface area contributed by atoms with Gasteiger partial charge in [0.15, 0.2) is 0 Å². The minimum atomic E-state index is -3.29. The van der Waals surface area contributed by atoms with Gasteiger partial charge in [-0.05, 0) is 32.2 Å². The van der Waals surface area contributed by atoms with Crippen molar-refractivity contribution in [2.45, 2.75) is 38.0 Å².